The second-order valence-corrected chi connectivity index (χ2v) is 7.94. The number of carbonyl (C=O) groups is 2. The average Bonchev–Trinajstić information content (AvgIpc) is 2.66. The van der Waals surface area contributed by atoms with E-state index in [1.54, 1.807) is 0 Å². The summed E-state index contributed by atoms with van der Waals surface area (Å²) in [5.74, 6) is -0.901. The van der Waals surface area contributed by atoms with Crippen molar-refractivity contribution in [3.8, 4) is 0 Å². The van der Waals surface area contributed by atoms with Crippen molar-refractivity contribution in [1.82, 2.24) is 0 Å². The molecular formula is C24H25NO3. The highest BCUT2D eigenvalue weighted by Gasteiger charge is 2.43. The normalized spacial score (nSPS) is 22.3. The number of fused-ring (bicyclic) bond motifs is 2. The van der Waals surface area contributed by atoms with Gasteiger partial charge in [0.1, 0.15) is 5.78 Å². The van der Waals surface area contributed by atoms with E-state index in [0.717, 1.165) is 34.9 Å². The van der Waals surface area contributed by atoms with Crippen molar-refractivity contribution in [2.45, 2.75) is 52.1 Å². The number of allylic oxidation sites excluding steroid dienone is 1. The zero-order valence-corrected chi connectivity index (χ0v) is 16.6. The SMILES string of the molecule is CC1=C(C(=O)OC(C)C)C(c2ccc3ccccc3c2)C2C(=O)CCCC2=N1. The molecule has 0 amide bonds. The van der Waals surface area contributed by atoms with Crippen LogP contribution >= 0.6 is 0 Å². The van der Waals surface area contributed by atoms with E-state index in [4.69, 9.17) is 4.74 Å². The monoisotopic (exact) mass is 375 g/mol. The van der Waals surface area contributed by atoms with Gasteiger partial charge in [0.05, 0.1) is 17.6 Å². The molecule has 28 heavy (non-hydrogen) atoms. The Kier molecular flexibility index (Phi) is 4.88. The smallest absolute Gasteiger partial charge is 0.336 e. The van der Waals surface area contributed by atoms with Crippen LogP contribution in [0.3, 0.4) is 0 Å². The van der Waals surface area contributed by atoms with Gasteiger partial charge in [-0.1, -0.05) is 42.5 Å². The summed E-state index contributed by atoms with van der Waals surface area (Å²) >= 11 is 0. The Morgan fingerprint density at radius 3 is 2.57 bits per heavy atom. The Morgan fingerprint density at radius 2 is 1.82 bits per heavy atom. The number of ether oxygens (including phenoxy) is 1. The van der Waals surface area contributed by atoms with Crippen molar-refractivity contribution in [3.05, 3.63) is 59.3 Å². The van der Waals surface area contributed by atoms with E-state index in [2.05, 4.69) is 29.3 Å². The second kappa shape index (κ2) is 7.34. The number of ketones is 1. The van der Waals surface area contributed by atoms with Crippen LogP contribution in [-0.4, -0.2) is 23.6 Å². The molecule has 144 valence electrons. The van der Waals surface area contributed by atoms with Crippen LogP contribution in [-0.2, 0) is 14.3 Å². The fraction of sp³-hybridized carbons (Fsp3) is 0.375. The molecule has 1 fully saturated rings. The van der Waals surface area contributed by atoms with Gasteiger partial charge < -0.3 is 4.74 Å². The minimum atomic E-state index is -0.369. The van der Waals surface area contributed by atoms with Crippen molar-refractivity contribution in [2.24, 2.45) is 10.9 Å². The molecule has 0 N–H and O–H groups in total. The Hall–Kier alpha value is -2.75. The summed E-state index contributed by atoms with van der Waals surface area (Å²) < 4.78 is 5.54. The van der Waals surface area contributed by atoms with E-state index in [1.165, 1.54) is 0 Å². The third-order valence-electron chi connectivity index (χ3n) is 5.60. The van der Waals surface area contributed by atoms with Gasteiger partial charge in [-0.15, -0.1) is 0 Å². The van der Waals surface area contributed by atoms with Gasteiger partial charge in [-0.3, -0.25) is 9.79 Å². The molecule has 0 spiro atoms. The number of nitrogens with zero attached hydrogens (tertiary/aromatic N) is 1. The number of carbonyl (C=O) groups excluding carboxylic acids is 2. The molecule has 1 aliphatic carbocycles. The zero-order chi connectivity index (χ0) is 19.8. The molecule has 1 aliphatic heterocycles. The first kappa shape index (κ1) is 18.6. The van der Waals surface area contributed by atoms with Crippen LogP contribution < -0.4 is 0 Å². The Balaban J connectivity index is 1.88. The van der Waals surface area contributed by atoms with E-state index in [1.807, 2.05) is 39.0 Å². The molecule has 2 atom stereocenters. The largest absolute Gasteiger partial charge is 0.460 e. The van der Waals surface area contributed by atoms with Gasteiger partial charge in [0.15, 0.2) is 0 Å². The van der Waals surface area contributed by atoms with Crippen LogP contribution in [0.2, 0.25) is 0 Å². The maximum absolute atomic E-state index is 13.0. The van der Waals surface area contributed by atoms with Crippen molar-refractivity contribution in [1.29, 1.82) is 0 Å². The minimum Gasteiger partial charge on any atom is -0.460 e. The minimum absolute atomic E-state index is 0.172. The lowest BCUT2D eigenvalue weighted by Gasteiger charge is -2.35. The van der Waals surface area contributed by atoms with Crippen LogP contribution in [0.5, 0.6) is 0 Å². The molecule has 4 rings (SSSR count). The first-order valence-corrected chi connectivity index (χ1v) is 9.96. The number of hydrogen-bond donors (Lipinski definition) is 0. The predicted molar refractivity (Wildman–Crippen MR) is 110 cm³/mol. The quantitative estimate of drug-likeness (QED) is 0.712. The molecule has 0 radical (unpaired) electrons. The summed E-state index contributed by atoms with van der Waals surface area (Å²) in [7, 11) is 0. The van der Waals surface area contributed by atoms with Gasteiger partial charge >= 0.3 is 5.97 Å². The van der Waals surface area contributed by atoms with Crippen molar-refractivity contribution in [3.63, 3.8) is 0 Å². The average molecular weight is 375 g/mol. The van der Waals surface area contributed by atoms with Gasteiger partial charge in [0, 0.05) is 23.7 Å². The van der Waals surface area contributed by atoms with E-state index < -0.39 is 0 Å². The summed E-state index contributed by atoms with van der Waals surface area (Å²) in [5, 5.41) is 2.24. The maximum Gasteiger partial charge on any atom is 0.336 e. The number of benzene rings is 2. The molecule has 1 saturated carbocycles. The Labute approximate surface area is 165 Å². The van der Waals surface area contributed by atoms with Crippen molar-refractivity contribution < 1.29 is 14.3 Å². The van der Waals surface area contributed by atoms with Gasteiger partial charge in [0.25, 0.3) is 0 Å². The summed E-state index contributed by atoms with van der Waals surface area (Å²) in [6.45, 7) is 5.53. The fourth-order valence-corrected chi connectivity index (χ4v) is 4.42. The summed E-state index contributed by atoms with van der Waals surface area (Å²) in [6.07, 6.45) is 1.96. The van der Waals surface area contributed by atoms with Crippen LogP contribution in [0, 0.1) is 5.92 Å². The molecular weight excluding hydrogens is 350 g/mol. The van der Waals surface area contributed by atoms with Gasteiger partial charge in [0.2, 0.25) is 0 Å². The molecule has 0 saturated heterocycles. The molecule has 2 unspecified atom stereocenters. The highest BCUT2D eigenvalue weighted by molar-refractivity contribution is 6.11. The molecule has 2 aromatic carbocycles. The third kappa shape index (κ3) is 3.28. The van der Waals surface area contributed by atoms with Gasteiger partial charge in [-0.2, -0.15) is 0 Å². The third-order valence-corrected chi connectivity index (χ3v) is 5.60. The van der Waals surface area contributed by atoms with E-state index in [9.17, 15) is 9.59 Å². The first-order chi connectivity index (χ1) is 13.5. The summed E-state index contributed by atoms with van der Waals surface area (Å²) in [6, 6.07) is 14.3. The predicted octanol–water partition coefficient (Wildman–Crippen LogP) is 4.97. The highest BCUT2D eigenvalue weighted by atomic mass is 16.5. The van der Waals surface area contributed by atoms with Crippen molar-refractivity contribution in [2.75, 3.05) is 0 Å². The zero-order valence-electron chi connectivity index (χ0n) is 16.6. The standard InChI is InChI=1S/C24H25NO3/c1-14(2)28-24(27)21-15(3)25-19-9-6-10-20(26)23(19)22(21)18-12-11-16-7-4-5-8-17(16)13-18/h4-5,7-8,11-14,22-23H,6,9-10H2,1-3H3. The lowest BCUT2D eigenvalue weighted by Crippen LogP contribution is -2.39. The van der Waals surface area contributed by atoms with E-state index in [0.29, 0.717) is 17.7 Å². The molecule has 0 bridgehead atoms. The van der Waals surface area contributed by atoms with Crippen LogP contribution in [0.25, 0.3) is 10.8 Å². The number of Topliss-reactive ketones (excluding diaryl/α,β-unsaturated/α-hetero) is 1. The maximum atomic E-state index is 13.0. The lowest BCUT2D eigenvalue weighted by molar-refractivity contribution is -0.143. The van der Waals surface area contributed by atoms with Gasteiger partial charge in [-0.05, 0) is 49.9 Å². The van der Waals surface area contributed by atoms with Crippen LogP contribution in [0.1, 0.15) is 51.5 Å². The molecule has 4 nitrogen and oxygen atoms in total. The van der Waals surface area contributed by atoms with Crippen LogP contribution in [0.4, 0.5) is 0 Å². The van der Waals surface area contributed by atoms with Crippen molar-refractivity contribution >= 4 is 28.2 Å². The fourth-order valence-electron chi connectivity index (χ4n) is 4.42. The van der Waals surface area contributed by atoms with Gasteiger partial charge in [-0.25, -0.2) is 4.79 Å². The highest BCUT2D eigenvalue weighted by Crippen LogP contribution is 2.43. The molecule has 2 aliphatic rings. The van der Waals surface area contributed by atoms with Crippen LogP contribution in [0.15, 0.2) is 58.7 Å². The molecule has 0 aromatic heterocycles. The Bertz CT molecular complexity index is 1020. The number of rotatable bonds is 3. The van der Waals surface area contributed by atoms with E-state index in [-0.39, 0.29) is 29.7 Å². The number of hydrogen-bond acceptors (Lipinski definition) is 4. The molecule has 1 heterocycles. The number of aliphatic imine (C=N–C) groups is 1. The van der Waals surface area contributed by atoms with E-state index >= 15 is 0 Å². The molecule has 2 aromatic rings. The summed E-state index contributed by atoms with van der Waals surface area (Å²) in [4.78, 5) is 30.6. The topological polar surface area (TPSA) is 55.7 Å². The Morgan fingerprint density at radius 1 is 1.07 bits per heavy atom. The lowest BCUT2D eigenvalue weighted by atomic mass is 9.69. The number of esters is 1. The second-order valence-electron chi connectivity index (χ2n) is 7.94. The first-order valence-electron chi connectivity index (χ1n) is 9.96. The molecule has 4 heteroatoms. The summed E-state index contributed by atoms with van der Waals surface area (Å²) in [5.41, 5.74) is 3.08.